The molecule has 0 aliphatic rings. The van der Waals surface area contributed by atoms with Crippen molar-refractivity contribution in [3.8, 4) is 5.88 Å². The molecule has 1 aromatic rings. The van der Waals surface area contributed by atoms with Crippen LogP contribution in [0.5, 0.6) is 5.88 Å². The molecule has 0 amide bonds. The molecule has 1 aromatic heterocycles. The second-order valence-electron chi connectivity index (χ2n) is 3.94. The van der Waals surface area contributed by atoms with Gasteiger partial charge in [0.1, 0.15) is 18.4 Å². The van der Waals surface area contributed by atoms with Crippen LogP contribution in [0.1, 0.15) is 5.82 Å². The summed E-state index contributed by atoms with van der Waals surface area (Å²) in [5.41, 5.74) is 0. The van der Waals surface area contributed by atoms with Crippen LogP contribution in [0, 0.1) is 0 Å². The Morgan fingerprint density at radius 2 is 1.57 bits per heavy atom. The number of ether oxygens (including phenoxy) is 5. The molecule has 21 heavy (non-hydrogen) atoms. The van der Waals surface area contributed by atoms with Crippen LogP contribution >= 0.6 is 11.6 Å². The van der Waals surface area contributed by atoms with Crippen molar-refractivity contribution in [3.63, 3.8) is 0 Å². The average Bonchev–Trinajstić information content (AvgIpc) is 2.45. The summed E-state index contributed by atoms with van der Waals surface area (Å²) in [6, 6.07) is 1.55. The van der Waals surface area contributed by atoms with Crippen LogP contribution in [-0.2, 0) is 25.6 Å². The van der Waals surface area contributed by atoms with Gasteiger partial charge in [-0.3, -0.25) is 0 Å². The molecule has 0 aromatic carbocycles. The molecule has 0 unspecified atom stereocenters. The third kappa shape index (κ3) is 8.79. The van der Waals surface area contributed by atoms with Crippen molar-refractivity contribution < 1.29 is 23.7 Å². The van der Waals surface area contributed by atoms with Gasteiger partial charge < -0.3 is 23.7 Å². The fraction of sp³-hybridized carbons (Fsp3) is 0.692. The van der Waals surface area contributed by atoms with Gasteiger partial charge in [0.05, 0.1) is 33.0 Å². The van der Waals surface area contributed by atoms with Crippen molar-refractivity contribution in [2.24, 2.45) is 0 Å². The zero-order chi connectivity index (χ0) is 15.3. The molecule has 1 heterocycles. The monoisotopic (exact) mass is 320 g/mol. The lowest BCUT2D eigenvalue weighted by atomic mass is 10.5. The summed E-state index contributed by atoms with van der Waals surface area (Å²) < 4.78 is 25.9. The summed E-state index contributed by atoms with van der Waals surface area (Å²) in [6.07, 6.45) is 0. The molecule has 0 N–H and O–H groups in total. The van der Waals surface area contributed by atoms with Crippen LogP contribution in [-0.4, -0.2) is 63.8 Å². The van der Waals surface area contributed by atoms with Crippen molar-refractivity contribution in [2.75, 3.05) is 53.9 Å². The van der Waals surface area contributed by atoms with Crippen LogP contribution in [0.2, 0.25) is 5.15 Å². The quantitative estimate of drug-likeness (QED) is 0.425. The average molecular weight is 321 g/mol. The Kier molecular flexibility index (Phi) is 10.0. The van der Waals surface area contributed by atoms with E-state index in [0.717, 1.165) is 0 Å². The van der Waals surface area contributed by atoms with E-state index in [4.69, 9.17) is 35.3 Å². The van der Waals surface area contributed by atoms with Gasteiger partial charge >= 0.3 is 0 Å². The largest absolute Gasteiger partial charge is 0.475 e. The first kappa shape index (κ1) is 18.1. The van der Waals surface area contributed by atoms with E-state index in [1.54, 1.807) is 20.3 Å². The van der Waals surface area contributed by atoms with E-state index in [-0.39, 0.29) is 6.61 Å². The van der Waals surface area contributed by atoms with Crippen LogP contribution < -0.4 is 4.74 Å². The fourth-order valence-electron chi connectivity index (χ4n) is 1.38. The number of rotatable bonds is 12. The normalized spacial score (nSPS) is 10.8. The minimum absolute atomic E-state index is 0.284. The third-order valence-electron chi connectivity index (χ3n) is 2.27. The van der Waals surface area contributed by atoms with Gasteiger partial charge in [-0.25, -0.2) is 4.98 Å². The molecule has 0 spiro atoms. The molecule has 8 heteroatoms. The number of nitrogens with zero attached hydrogens (tertiary/aromatic N) is 2. The van der Waals surface area contributed by atoms with Gasteiger partial charge in [-0.2, -0.15) is 4.98 Å². The molecule has 0 bridgehead atoms. The predicted molar refractivity (Wildman–Crippen MR) is 76.8 cm³/mol. The highest BCUT2D eigenvalue weighted by Crippen LogP contribution is 2.14. The highest BCUT2D eigenvalue weighted by atomic mass is 35.5. The van der Waals surface area contributed by atoms with E-state index < -0.39 is 0 Å². The maximum atomic E-state index is 5.86. The number of methoxy groups -OCH3 is 2. The Morgan fingerprint density at radius 3 is 2.24 bits per heavy atom. The van der Waals surface area contributed by atoms with Gasteiger partial charge in [0.2, 0.25) is 5.88 Å². The van der Waals surface area contributed by atoms with E-state index >= 15 is 0 Å². The minimum atomic E-state index is 0.284. The van der Waals surface area contributed by atoms with E-state index in [1.165, 1.54) is 0 Å². The Balaban J connectivity index is 2.12. The molecule has 120 valence electrons. The Hall–Kier alpha value is -0.990. The van der Waals surface area contributed by atoms with Crippen molar-refractivity contribution in [2.45, 2.75) is 6.61 Å². The Labute approximate surface area is 129 Å². The summed E-state index contributed by atoms with van der Waals surface area (Å²) >= 11 is 5.86. The lowest BCUT2D eigenvalue weighted by Gasteiger charge is -2.08. The molecule has 0 saturated carbocycles. The van der Waals surface area contributed by atoms with Crippen LogP contribution in [0.15, 0.2) is 6.07 Å². The summed E-state index contributed by atoms with van der Waals surface area (Å²) in [7, 11) is 3.20. The molecule has 7 nitrogen and oxygen atoms in total. The molecule has 0 aliphatic carbocycles. The van der Waals surface area contributed by atoms with Crippen molar-refractivity contribution >= 4 is 11.6 Å². The summed E-state index contributed by atoms with van der Waals surface area (Å²) in [4.78, 5) is 8.16. The highest BCUT2D eigenvalue weighted by molar-refractivity contribution is 6.29. The summed E-state index contributed by atoms with van der Waals surface area (Å²) in [6.45, 7) is 3.28. The highest BCUT2D eigenvalue weighted by Gasteiger charge is 2.04. The number of hydrogen-bond acceptors (Lipinski definition) is 7. The number of aromatic nitrogens is 2. The second kappa shape index (κ2) is 11.6. The van der Waals surface area contributed by atoms with Crippen molar-refractivity contribution in [1.29, 1.82) is 0 Å². The summed E-state index contributed by atoms with van der Waals surface area (Å²) in [5, 5.41) is 0.319. The van der Waals surface area contributed by atoms with Crippen LogP contribution in [0.4, 0.5) is 0 Å². The van der Waals surface area contributed by atoms with Crippen molar-refractivity contribution in [3.05, 3.63) is 17.0 Å². The maximum Gasteiger partial charge on any atom is 0.218 e. The first-order chi connectivity index (χ1) is 10.3. The molecule has 0 saturated heterocycles. The molecule has 0 atom stereocenters. The van der Waals surface area contributed by atoms with Crippen LogP contribution in [0.25, 0.3) is 0 Å². The maximum absolute atomic E-state index is 5.86. The predicted octanol–water partition coefficient (Wildman–Crippen LogP) is 1.33. The van der Waals surface area contributed by atoms with Crippen LogP contribution in [0.3, 0.4) is 0 Å². The first-order valence-electron chi connectivity index (χ1n) is 6.56. The lowest BCUT2D eigenvalue weighted by molar-refractivity contribution is 0.0176. The number of hydrogen-bond donors (Lipinski definition) is 0. The van der Waals surface area contributed by atoms with Crippen molar-refractivity contribution in [1.82, 2.24) is 9.97 Å². The smallest absolute Gasteiger partial charge is 0.218 e. The zero-order valence-corrected chi connectivity index (χ0v) is 13.1. The molecule has 1 rings (SSSR count). The minimum Gasteiger partial charge on any atom is -0.475 e. The van der Waals surface area contributed by atoms with Gasteiger partial charge in [0, 0.05) is 20.3 Å². The van der Waals surface area contributed by atoms with Gasteiger partial charge in [0.15, 0.2) is 5.82 Å². The van der Waals surface area contributed by atoms with Gasteiger partial charge in [0.25, 0.3) is 0 Å². The van der Waals surface area contributed by atoms with E-state index in [0.29, 0.717) is 56.5 Å². The SMILES string of the molecule is COCCOCCOCCOc1cc(Cl)nc(COC)n1. The Bertz CT molecular complexity index is 395. The third-order valence-corrected chi connectivity index (χ3v) is 2.47. The Morgan fingerprint density at radius 1 is 0.905 bits per heavy atom. The topological polar surface area (TPSA) is 71.9 Å². The van der Waals surface area contributed by atoms with E-state index in [9.17, 15) is 0 Å². The van der Waals surface area contributed by atoms with Gasteiger partial charge in [-0.15, -0.1) is 0 Å². The standard InChI is InChI=1S/C13H21ClN2O5/c1-17-3-4-19-5-6-20-7-8-21-13-9-11(14)15-12(16-13)10-18-2/h9H,3-8,10H2,1-2H3. The van der Waals surface area contributed by atoms with E-state index in [2.05, 4.69) is 9.97 Å². The molecular weight excluding hydrogens is 300 g/mol. The molecular formula is C13H21ClN2O5. The van der Waals surface area contributed by atoms with Gasteiger partial charge in [-0.05, 0) is 0 Å². The number of halogens is 1. The lowest BCUT2D eigenvalue weighted by Crippen LogP contribution is -2.13. The fourth-order valence-corrected chi connectivity index (χ4v) is 1.57. The second-order valence-corrected chi connectivity index (χ2v) is 4.33. The summed E-state index contributed by atoms with van der Waals surface area (Å²) in [5.74, 6) is 0.884. The first-order valence-corrected chi connectivity index (χ1v) is 6.93. The molecule has 0 fully saturated rings. The van der Waals surface area contributed by atoms with Gasteiger partial charge in [-0.1, -0.05) is 11.6 Å². The molecule has 0 radical (unpaired) electrons. The zero-order valence-electron chi connectivity index (χ0n) is 12.3. The van der Waals surface area contributed by atoms with E-state index in [1.807, 2.05) is 0 Å². The molecule has 0 aliphatic heterocycles.